The van der Waals surface area contributed by atoms with Gasteiger partial charge in [0.1, 0.15) is 0 Å². The molecular formula is C13H21NO6. The maximum absolute atomic E-state index is 11.8. The van der Waals surface area contributed by atoms with Crippen molar-refractivity contribution in [1.29, 1.82) is 0 Å². The molecule has 1 rings (SSSR count). The van der Waals surface area contributed by atoms with Gasteiger partial charge in [-0.25, -0.2) is 4.79 Å². The number of amides is 1. The minimum Gasteiger partial charge on any atom is -0.462 e. The number of carbonyl (C=O) groups is 3. The average Bonchev–Trinajstić information content (AvgIpc) is 2.69. The first-order chi connectivity index (χ1) is 9.43. The highest BCUT2D eigenvalue weighted by Gasteiger charge is 2.55. The van der Waals surface area contributed by atoms with Crippen molar-refractivity contribution in [1.82, 2.24) is 5.32 Å². The molecule has 1 unspecified atom stereocenters. The third-order valence-corrected chi connectivity index (χ3v) is 2.92. The van der Waals surface area contributed by atoms with Crippen molar-refractivity contribution in [3.63, 3.8) is 0 Å². The Balaban J connectivity index is 2.69. The minimum absolute atomic E-state index is 0.119. The van der Waals surface area contributed by atoms with Gasteiger partial charge in [0.25, 0.3) is 5.72 Å². The zero-order valence-corrected chi connectivity index (χ0v) is 11.8. The summed E-state index contributed by atoms with van der Waals surface area (Å²) in [4.78, 5) is 34.7. The van der Waals surface area contributed by atoms with Gasteiger partial charge in [-0.1, -0.05) is 20.3 Å². The van der Waals surface area contributed by atoms with Crippen LogP contribution in [0.3, 0.4) is 0 Å². The normalized spacial score (nSPS) is 25.1. The molecule has 1 aliphatic rings. The molecule has 0 saturated carbocycles. The van der Waals surface area contributed by atoms with E-state index >= 15 is 0 Å². The number of hydrogen-bond acceptors (Lipinski definition) is 6. The van der Waals surface area contributed by atoms with Gasteiger partial charge in [0, 0.05) is 6.42 Å². The third-order valence-electron chi connectivity index (χ3n) is 2.92. The summed E-state index contributed by atoms with van der Waals surface area (Å²) >= 11 is 0. The van der Waals surface area contributed by atoms with Crippen LogP contribution in [0, 0.1) is 0 Å². The smallest absolute Gasteiger partial charge is 0.363 e. The Kier molecular flexibility index (Phi) is 5.94. The Morgan fingerprint density at radius 3 is 2.70 bits per heavy atom. The van der Waals surface area contributed by atoms with Crippen LogP contribution in [0.4, 0.5) is 0 Å². The highest BCUT2D eigenvalue weighted by Crippen LogP contribution is 2.24. The van der Waals surface area contributed by atoms with Gasteiger partial charge in [0.15, 0.2) is 6.10 Å². The van der Waals surface area contributed by atoms with E-state index < -0.39 is 29.7 Å². The number of ether oxygens (including phenoxy) is 2. The summed E-state index contributed by atoms with van der Waals surface area (Å²) in [6, 6.07) is 0. The van der Waals surface area contributed by atoms with E-state index in [4.69, 9.17) is 9.47 Å². The molecule has 0 aliphatic carbocycles. The minimum atomic E-state index is -2.28. The van der Waals surface area contributed by atoms with Crippen LogP contribution in [0.2, 0.25) is 0 Å². The number of esters is 2. The number of unbranched alkanes of at least 4 members (excludes halogenated alkanes) is 1. The second kappa shape index (κ2) is 7.23. The second-order valence-electron chi connectivity index (χ2n) is 4.74. The standard InChI is InChI=1S/C13H21NO6/c1-3-5-6-11(16)20-9-8-10(15)14-13(9,18)12(17)19-7-4-2/h9,18H,3-8H2,1-2H3,(H,14,15)/t9?,13-/m1/s1. The summed E-state index contributed by atoms with van der Waals surface area (Å²) in [6.45, 7) is 3.84. The Hall–Kier alpha value is -1.63. The van der Waals surface area contributed by atoms with Crippen LogP contribution in [0.5, 0.6) is 0 Å². The first-order valence-electron chi connectivity index (χ1n) is 6.84. The Morgan fingerprint density at radius 1 is 1.40 bits per heavy atom. The molecule has 0 bridgehead atoms. The van der Waals surface area contributed by atoms with Gasteiger partial charge in [0.05, 0.1) is 13.0 Å². The lowest BCUT2D eigenvalue weighted by atomic mass is 10.1. The van der Waals surface area contributed by atoms with Gasteiger partial charge in [-0.3, -0.25) is 9.59 Å². The topological polar surface area (TPSA) is 102 Å². The summed E-state index contributed by atoms with van der Waals surface area (Å²) in [5.74, 6) is -2.11. The van der Waals surface area contributed by atoms with Crippen LogP contribution < -0.4 is 5.32 Å². The molecule has 20 heavy (non-hydrogen) atoms. The summed E-state index contributed by atoms with van der Waals surface area (Å²) in [5, 5.41) is 12.3. The summed E-state index contributed by atoms with van der Waals surface area (Å²) in [5.41, 5.74) is -2.28. The van der Waals surface area contributed by atoms with Crippen molar-refractivity contribution in [3.8, 4) is 0 Å². The van der Waals surface area contributed by atoms with Gasteiger partial charge >= 0.3 is 11.9 Å². The van der Waals surface area contributed by atoms with E-state index in [2.05, 4.69) is 5.32 Å². The third kappa shape index (κ3) is 3.93. The van der Waals surface area contributed by atoms with E-state index in [1.807, 2.05) is 6.92 Å². The maximum Gasteiger partial charge on any atom is 0.363 e. The summed E-state index contributed by atoms with van der Waals surface area (Å²) in [6.07, 6.45) is 0.725. The van der Waals surface area contributed by atoms with E-state index in [0.717, 1.165) is 6.42 Å². The highest BCUT2D eigenvalue weighted by molar-refractivity contribution is 5.92. The van der Waals surface area contributed by atoms with Crippen molar-refractivity contribution in [2.75, 3.05) is 6.61 Å². The zero-order valence-electron chi connectivity index (χ0n) is 11.8. The Labute approximate surface area is 117 Å². The van der Waals surface area contributed by atoms with Gasteiger partial charge in [-0.05, 0) is 12.8 Å². The van der Waals surface area contributed by atoms with Gasteiger partial charge in [0.2, 0.25) is 5.91 Å². The lowest BCUT2D eigenvalue weighted by molar-refractivity contribution is -0.187. The molecule has 0 spiro atoms. The lowest BCUT2D eigenvalue weighted by Crippen LogP contribution is -2.57. The average molecular weight is 287 g/mol. The number of aliphatic hydroxyl groups is 1. The van der Waals surface area contributed by atoms with Crippen molar-refractivity contribution in [2.24, 2.45) is 0 Å². The molecule has 1 amide bonds. The first kappa shape index (κ1) is 16.4. The summed E-state index contributed by atoms with van der Waals surface area (Å²) in [7, 11) is 0. The van der Waals surface area contributed by atoms with Crippen LogP contribution in [0.1, 0.15) is 46.0 Å². The molecule has 2 N–H and O–H groups in total. The number of carbonyl (C=O) groups excluding carboxylic acids is 3. The fourth-order valence-electron chi connectivity index (χ4n) is 1.81. The number of hydrogen-bond donors (Lipinski definition) is 2. The van der Waals surface area contributed by atoms with Gasteiger partial charge < -0.3 is 19.9 Å². The molecule has 7 nitrogen and oxygen atoms in total. The van der Waals surface area contributed by atoms with Gasteiger partial charge in [-0.2, -0.15) is 0 Å². The van der Waals surface area contributed by atoms with Crippen LogP contribution >= 0.6 is 0 Å². The van der Waals surface area contributed by atoms with Crippen LogP contribution in [-0.2, 0) is 23.9 Å². The predicted molar refractivity (Wildman–Crippen MR) is 68.4 cm³/mol. The SMILES string of the molecule is CCCCC(=O)OC1CC(=O)N[C@]1(O)C(=O)OCCC. The number of nitrogens with one attached hydrogen (secondary N) is 1. The second-order valence-corrected chi connectivity index (χ2v) is 4.74. The van der Waals surface area contributed by atoms with E-state index in [1.54, 1.807) is 6.92 Å². The van der Waals surface area contributed by atoms with Crippen molar-refractivity contribution in [3.05, 3.63) is 0 Å². The lowest BCUT2D eigenvalue weighted by Gasteiger charge is -2.26. The Morgan fingerprint density at radius 2 is 2.10 bits per heavy atom. The van der Waals surface area contributed by atoms with Crippen molar-refractivity contribution >= 4 is 17.8 Å². The molecular weight excluding hydrogens is 266 g/mol. The van der Waals surface area contributed by atoms with Crippen molar-refractivity contribution in [2.45, 2.75) is 57.8 Å². The van der Waals surface area contributed by atoms with E-state index in [9.17, 15) is 19.5 Å². The molecule has 0 radical (unpaired) electrons. The zero-order chi connectivity index (χ0) is 15.2. The molecule has 1 heterocycles. The molecule has 1 saturated heterocycles. The molecule has 1 aliphatic heterocycles. The predicted octanol–water partition coefficient (Wildman–Crippen LogP) is 0.250. The maximum atomic E-state index is 11.8. The van der Waals surface area contributed by atoms with Crippen LogP contribution in [0.25, 0.3) is 0 Å². The Bertz CT molecular complexity index is 383. The molecule has 7 heteroatoms. The van der Waals surface area contributed by atoms with E-state index in [-0.39, 0.29) is 19.4 Å². The molecule has 0 aromatic carbocycles. The van der Waals surface area contributed by atoms with Crippen LogP contribution in [-0.4, -0.2) is 41.4 Å². The molecule has 1 fully saturated rings. The largest absolute Gasteiger partial charge is 0.462 e. The fourth-order valence-corrected chi connectivity index (χ4v) is 1.81. The first-order valence-corrected chi connectivity index (χ1v) is 6.84. The van der Waals surface area contributed by atoms with E-state index in [1.165, 1.54) is 0 Å². The van der Waals surface area contributed by atoms with E-state index in [0.29, 0.717) is 12.8 Å². The monoisotopic (exact) mass is 287 g/mol. The van der Waals surface area contributed by atoms with Gasteiger partial charge in [-0.15, -0.1) is 0 Å². The molecule has 2 atom stereocenters. The fraction of sp³-hybridized carbons (Fsp3) is 0.769. The highest BCUT2D eigenvalue weighted by atomic mass is 16.6. The summed E-state index contributed by atoms with van der Waals surface area (Å²) < 4.78 is 9.85. The quantitative estimate of drug-likeness (QED) is 0.651. The molecule has 0 aromatic heterocycles. The van der Waals surface area contributed by atoms with Crippen LogP contribution in [0.15, 0.2) is 0 Å². The molecule has 114 valence electrons. The molecule has 0 aromatic rings. The number of rotatable bonds is 7. The van der Waals surface area contributed by atoms with Crippen molar-refractivity contribution < 1.29 is 29.0 Å².